The molecule has 0 radical (unpaired) electrons. The maximum absolute atomic E-state index is 13.7. The third-order valence-electron chi connectivity index (χ3n) is 4.91. The average Bonchev–Trinajstić information content (AvgIpc) is 2.68. The molecule has 0 saturated carbocycles. The number of likely N-dealkylation sites (tertiary alicyclic amines) is 1. The number of hydrogen-bond donors (Lipinski definition) is 1. The van der Waals surface area contributed by atoms with Crippen LogP contribution in [0.5, 0.6) is 5.75 Å². The molecule has 0 atom stereocenters. The number of sulfonamides is 1. The summed E-state index contributed by atoms with van der Waals surface area (Å²) in [7, 11) is -2.05. The Hall–Kier alpha value is -0.980. The van der Waals surface area contributed by atoms with Crippen molar-refractivity contribution in [2.24, 2.45) is 0 Å². The first-order valence-electron chi connectivity index (χ1n) is 9.33. The van der Waals surface area contributed by atoms with Gasteiger partial charge < -0.3 is 9.64 Å². The van der Waals surface area contributed by atoms with E-state index in [0.717, 1.165) is 28.0 Å². The molecule has 0 unspecified atom stereocenters. The zero-order valence-electron chi connectivity index (χ0n) is 16.5. The summed E-state index contributed by atoms with van der Waals surface area (Å²) in [5, 5.41) is 0.801. The zero-order valence-corrected chi connectivity index (χ0v) is 20.2. The van der Waals surface area contributed by atoms with Crippen LogP contribution in [0.2, 0.25) is 5.02 Å². The van der Waals surface area contributed by atoms with Gasteiger partial charge in [-0.15, -0.1) is 0 Å². The number of hydrogen-bond acceptors (Lipinski definition) is 4. The molecule has 1 amide bonds. The minimum atomic E-state index is -3.49. The van der Waals surface area contributed by atoms with Crippen molar-refractivity contribution in [1.82, 2.24) is 9.62 Å². The number of methoxy groups -OCH3 is 1. The van der Waals surface area contributed by atoms with Crippen LogP contribution in [0.1, 0.15) is 36.8 Å². The molecule has 0 aliphatic carbocycles. The Morgan fingerprint density at radius 2 is 2.07 bits per heavy atom. The molecule has 1 N–H and O–H groups in total. The van der Waals surface area contributed by atoms with Crippen molar-refractivity contribution in [2.75, 3.05) is 20.2 Å². The molecule has 1 heterocycles. The topological polar surface area (TPSA) is 75.7 Å². The Morgan fingerprint density at radius 3 is 2.60 bits per heavy atom. The van der Waals surface area contributed by atoms with Crippen LogP contribution in [-0.4, -0.2) is 45.5 Å². The van der Waals surface area contributed by atoms with Gasteiger partial charge in [0.05, 0.1) is 17.7 Å². The van der Waals surface area contributed by atoms with E-state index in [0.29, 0.717) is 50.1 Å². The molecule has 11 heteroatoms. The first kappa shape index (κ1) is 25.3. The van der Waals surface area contributed by atoms with E-state index in [1.54, 1.807) is 4.90 Å². The SMILES string of the molecule is C=CS(=O)(=O)NC1CCN(C(=O)CCCc2cc(C(F)(F)I)c(Cl)cc2OC)CC1. The first-order valence-corrected chi connectivity index (χ1v) is 12.3. The van der Waals surface area contributed by atoms with Crippen molar-refractivity contribution in [1.29, 1.82) is 0 Å². The quantitative estimate of drug-likeness (QED) is 0.353. The van der Waals surface area contributed by atoms with E-state index in [4.69, 9.17) is 16.3 Å². The number of nitrogens with zero attached hydrogens (tertiary/aromatic N) is 1. The van der Waals surface area contributed by atoms with Crippen molar-refractivity contribution in [3.8, 4) is 5.75 Å². The fourth-order valence-electron chi connectivity index (χ4n) is 3.32. The van der Waals surface area contributed by atoms with Gasteiger partial charge in [0.15, 0.2) is 0 Å². The molecule has 6 nitrogen and oxygen atoms in total. The predicted molar refractivity (Wildman–Crippen MR) is 121 cm³/mol. The van der Waals surface area contributed by atoms with Crippen LogP contribution >= 0.6 is 34.2 Å². The van der Waals surface area contributed by atoms with Crippen LogP contribution in [0, 0.1) is 0 Å². The lowest BCUT2D eigenvalue weighted by atomic mass is 10.0. The molecule has 1 aromatic rings. The number of carbonyl (C=O) groups excluding carboxylic acids is 1. The third-order valence-corrected chi connectivity index (χ3v) is 6.90. The third kappa shape index (κ3) is 7.03. The summed E-state index contributed by atoms with van der Waals surface area (Å²) in [5.41, 5.74) is 0.287. The minimum Gasteiger partial charge on any atom is -0.496 e. The highest BCUT2D eigenvalue weighted by molar-refractivity contribution is 14.1. The van der Waals surface area contributed by atoms with Crippen LogP contribution in [0.15, 0.2) is 24.1 Å². The number of amides is 1. The van der Waals surface area contributed by atoms with Crippen LogP contribution in [-0.2, 0) is 25.2 Å². The standard InChI is InChI=1S/C19H24ClF2IN2O4S/c1-3-30(27,28)24-14-7-9-25(10-8-14)18(26)6-4-5-13-11-15(19(21,22)23)16(20)12-17(13)29-2/h3,11-12,14,24H,1,4-10H2,2H3. The summed E-state index contributed by atoms with van der Waals surface area (Å²) >= 11 is 6.97. The van der Waals surface area contributed by atoms with E-state index in [9.17, 15) is 22.0 Å². The van der Waals surface area contributed by atoms with E-state index in [-0.39, 0.29) is 29.0 Å². The van der Waals surface area contributed by atoms with E-state index in [1.807, 2.05) is 0 Å². The fraction of sp³-hybridized carbons (Fsp3) is 0.526. The Balaban J connectivity index is 1.90. The highest BCUT2D eigenvalue weighted by Crippen LogP contribution is 2.42. The van der Waals surface area contributed by atoms with Crippen molar-refractivity contribution < 1.29 is 26.7 Å². The number of carbonyl (C=O) groups is 1. The zero-order chi connectivity index (χ0) is 22.5. The number of piperidine rings is 1. The average molecular weight is 577 g/mol. The summed E-state index contributed by atoms with van der Waals surface area (Å²) < 4.78 is 55.2. The predicted octanol–water partition coefficient (Wildman–Crippen LogP) is 4.21. The number of nitrogens with one attached hydrogen (secondary N) is 1. The number of halogens is 4. The molecule has 0 spiro atoms. The summed E-state index contributed by atoms with van der Waals surface area (Å²) in [6.45, 7) is 4.18. The number of alkyl halides is 3. The number of benzene rings is 1. The van der Waals surface area contributed by atoms with Crippen LogP contribution in [0.4, 0.5) is 8.78 Å². The van der Waals surface area contributed by atoms with Crippen molar-refractivity contribution in [3.63, 3.8) is 0 Å². The molecular weight excluding hydrogens is 553 g/mol. The Kier molecular flexibility index (Phi) is 8.90. The van der Waals surface area contributed by atoms with Gasteiger partial charge in [-0.1, -0.05) is 18.2 Å². The van der Waals surface area contributed by atoms with E-state index in [2.05, 4.69) is 11.3 Å². The molecule has 1 aromatic carbocycles. The molecule has 168 valence electrons. The molecular formula is C19H24ClF2IN2O4S. The van der Waals surface area contributed by atoms with Gasteiger partial charge in [0.1, 0.15) is 5.75 Å². The lowest BCUT2D eigenvalue weighted by Crippen LogP contribution is -2.46. The van der Waals surface area contributed by atoms with Gasteiger partial charge in [-0.05, 0) is 43.4 Å². The van der Waals surface area contributed by atoms with Gasteiger partial charge in [-0.2, -0.15) is 8.78 Å². The van der Waals surface area contributed by atoms with Gasteiger partial charge in [-0.25, -0.2) is 13.1 Å². The van der Waals surface area contributed by atoms with E-state index < -0.39 is 14.0 Å². The van der Waals surface area contributed by atoms with Gasteiger partial charge in [0, 0.05) is 53.6 Å². The van der Waals surface area contributed by atoms with Crippen molar-refractivity contribution in [2.45, 2.75) is 42.1 Å². The monoisotopic (exact) mass is 576 g/mol. The summed E-state index contributed by atoms with van der Waals surface area (Å²) in [4.78, 5) is 14.2. The summed E-state index contributed by atoms with van der Waals surface area (Å²) in [6, 6.07) is 2.48. The molecule has 0 aromatic heterocycles. The van der Waals surface area contributed by atoms with E-state index >= 15 is 0 Å². The maximum Gasteiger partial charge on any atom is 0.323 e. The number of aryl methyl sites for hydroxylation is 1. The summed E-state index contributed by atoms with van der Waals surface area (Å²) in [6.07, 6.45) is 2.16. The smallest absolute Gasteiger partial charge is 0.323 e. The largest absolute Gasteiger partial charge is 0.496 e. The molecule has 2 rings (SSSR count). The maximum atomic E-state index is 13.7. The highest BCUT2D eigenvalue weighted by atomic mass is 127. The van der Waals surface area contributed by atoms with Gasteiger partial charge in [0.25, 0.3) is 0 Å². The second-order valence-corrected chi connectivity index (χ2v) is 10.4. The number of ether oxygens (including phenoxy) is 1. The molecule has 30 heavy (non-hydrogen) atoms. The first-order chi connectivity index (χ1) is 14.0. The molecule has 0 bridgehead atoms. The number of rotatable bonds is 9. The van der Waals surface area contributed by atoms with Gasteiger partial charge in [0.2, 0.25) is 15.9 Å². The van der Waals surface area contributed by atoms with Crippen molar-refractivity contribution in [3.05, 3.63) is 40.3 Å². The minimum absolute atomic E-state index is 0.0487. The Labute approximate surface area is 194 Å². The second-order valence-electron chi connectivity index (χ2n) is 6.98. The molecule has 1 aliphatic heterocycles. The van der Waals surface area contributed by atoms with Crippen LogP contribution in [0.3, 0.4) is 0 Å². The van der Waals surface area contributed by atoms with Crippen LogP contribution < -0.4 is 9.46 Å². The molecule has 1 fully saturated rings. The lowest BCUT2D eigenvalue weighted by molar-refractivity contribution is -0.132. The molecule has 1 saturated heterocycles. The van der Waals surface area contributed by atoms with Gasteiger partial charge >= 0.3 is 3.93 Å². The van der Waals surface area contributed by atoms with Gasteiger partial charge in [-0.3, -0.25) is 4.79 Å². The fourth-order valence-corrected chi connectivity index (χ4v) is 4.99. The summed E-state index contributed by atoms with van der Waals surface area (Å²) in [5.74, 6) is 0.361. The Morgan fingerprint density at radius 1 is 1.43 bits per heavy atom. The van der Waals surface area contributed by atoms with Crippen molar-refractivity contribution >= 4 is 50.1 Å². The van der Waals surface area contributed by atoms with Crippen LogP contribution in [0.25, 0.3) is 0 Å². The molecule has 1 aliphatic rings. The van der Waals surface area contributed by atoms with E-state index in [1.165, 1.54) is 19.2 Å². The highest BCUT2D eigenvalue weighted by Gasteiger charge is 2.31. The lowest BCUT2D eigenvalue weighted by Gasteiger charge is -2.32. The Bertz CT molecular complexity index is 885. The second kappa shape index (κ2) is 10.6. The normalized spacial score (nSPS) is 15.8.